The minimum atomic E-state index is 0.524. The zero-order valence-corrected chi connectivity index (χ0v) is 12.5. The predicted molar refractivity (Wildman–Crippen MR) is 82.7 cm³/mol. The first-order chi connectivity index (χ1) is 9.76. The molecule has 0 aromatic carbocycles. The van der Waals surface area contributed by atoms with Crippen LogP contribution in [-0.2, 0) is 0 Å². The Labute approximate surface area is 121 Å². The quantitative estimate of drug-likeness (QED) is 0.472. The van der Waals surface area contributed by atoms with Crippen LogP contribution >= 0.6 is 0 Å². The molecule has 1 fully saturated rings. The number of likely N-dealkylation sites (N-methyl/N-ethyl adjacent to an activating group) is 1. The highest BCUT2D eigenvalue weighted by Crippen LogP contribution is 2.38. The Bertz CT molecular complexity index is 418. The van der Waals surface area contributed by atoms with Gasteiger partial charge in [-0.1, -0.05) is 13.8 Å². The molecular weight excluding hydrogens is 252 g/mol. The lowest BCUT2D eigenvalue weighted by Gasteiger charge is -2.19. The van der Waals surface area contributed by atoms with Gasteiger partial charge >= 0.3 is 0 Å². The first kappa shape index (κ1) is 15.0. The summed E-state index contributed by atoms with van der Waals surface area (Å²) in [7, 11) is 0. The van der Waals surface area contributed by atoms with Crippen LogP contribution in [0.1, 0.15) is 44.9 Å². The van der Waals surface area contributed by atoms with E-state index in [0.717, 1.165) is 37.8 Å². The smallest absolute Gasteiger partial charge is 0.145 e. The molecule has 0 radical (unpaired) electrons. The maximum absolute atomic E-state index is 5.47. The number of hydrazine groups is 1. The van der Waals surface area contributed by atoms with Crippen molar-refractivity contribution in [2.75, 3.05) is 36.9 Å². The highest BCUT2D eigenvalue weighted by atomic mass is 15.3. The van der Waals surface area contributed by atoms with Crippen LogP contribution in [0.15, 0.2) is 6.07 Å². The SMILES string of the molecule is CCCN(CC)CCNc1cc(NN)nc(C2CC2)n1. The summed E-state index contributed by atoms with van der Waals surface area (Å²) in [6.07, 6.45) is 3.57. The molecule has 20 heavy (non-hydrogen) atoms. The lowest BCUT2D eigenvalue weighted by Crippen LogP contribution is -2.29. The molecule has 2 rings (SSSR count). The first-order valence-corrected chi connectivity index (χ1v) is 7.58. The molecule has 1 heterocycles. The maximum Gasteiger partial charge on any atom is 0.145 e. The average Bonchev–Trinajstić information content (AvgIpc) is 3.30. The van der Waals surface area contributed by atoms with Gasteiger partial charge in [0.15, 0.2) is 0 Å². The van der Waals surface area contributed by atoms with Crippen LogP contribution in [0.4, 0.5) is 11.6 Å². The Morgan fingerprint density at radius 3 is 2.60 bits per heavy atom. The van der Waals surface area contributed by atoms with E-state index in [1.165, 1.54) is 19.3 Å². The Morgan fingerprint density at radius 2 is 2.00 bits per heavy atom. The molecule has 0 spiro atoms. The van der Waals surface area contributed by atoms with Crippen LogP contribution in [0.25, 0.3) is 0 Å². The largest absolute Gasteiger partial charge is 0.369 e. The summed E-state index contributed by atoms with van der Waals surface area (Å²) >= 11 is 0. The lowest BCUT2D eigenvalue weighted by molar-refractivity contribution is 0.300. The van der Waals surface area contributed by atoms with Crippen molar-refractivity contribution in [2.45, 2.75) is 39.0 Å². The maximum atomic E-state index is 5.47. The van der Waals surface area contributed by atoms with Crippen molar-refractivity contribution in [3.8, 4) is 0 Å². The number of hydrogen-bond acceptors (Lipinski definition) is 6. The van der Waals surface area contributed by atoms with E-state index < -0.39 is 0 Å². The van der Waals surface area contributed by atoms with Gasteiger partial charge in [-0.2, -0.15) is 0 Å². The van der Waals surface area contributed by atoms with E-state index in [9.17, 15) is 0 Å². The fourth-order valence-corrected chi connectivity index (χ4v) is 2.24. The van der Waals surface area contributed by atoms with E-state index >= 15 is 0 Å². The Hall–Kier alpha value is -1.40. The number of hydrogen-bond donors (Lipinski definition) is 3. The second kappa shape index (κ2) is 7.40. The number of nitrogens with one attached hydrogen (secondary N) is 2. The minimum absolute atomic E-state index is 0.524. The highest BCUT2D eigenvalue weighted by molar-refractivity contribution is 5.47. The van der Waals surface area contributed by atoms with Gasteiger partial charge in [-0.05, 0) is 32.4 Å². The van der Waals surface area contributed by atoms with Crippen molar-refractivity contribution in [1.29, 1.82) is 0 Å². The van der Waals surface area contributed by atoms with Crippen LogP contribution in [0, 0.1) is 0 Å². The number of anilines is 2. The summed E-state index contributed by atoms with van der Waals surface area (Å²) in [6, 6.07) is 1.86. The third kappa shape index (κ3) is 4.31. The van der Waals surface area contributed by atoms with Gasteiger partial charge in [-0.25, -0.2) is 15.8 Å². The number of aromatic nitrogens is 2. The van der Waals surface area contributed by atoms with E-state index in [1.54, 1.807) is 0 Å². The van der Waals surface area contributed by atoms with Crippen LogP contribution in [-0.4, -0.2) is 41.0 Å². The molecule has 0 atom stereocenters. The molecule has 1 aliphatic rings. The number of rotatable bonds is 9. The van der Waals surface area contributed by atoms with Crippen molar-refractivity contribution in [3.05, 3.63) is 11.9 Å². The van der Waals surface area contributed by atoms with Gasteiger partial charge in [-0.15, -0.1) is 0 Å². The van der Waals surface area contributed by atoms with Gasteiger partial charge in [0.2, 0.25) is 0 Å². The van der Waals surface area contributed by atoms with Gasteiger partial charge in [0.1, 0.15) is 17.5 Å². The fourth-order valence-electron chi connectivity index (χ4n) is 2.24. The molecular formula is C14H26N6. The standard InChI is InChI=1S/C14H26N6/c1-3-8-20(4-2)9-7-16-12-10-13(19-15)18-14(17-12)11-5-6-11/h10-11H,3-9,15H2,1-2H3,(H2,16,17,18,19). The fraction of sp³-hybridized carbons (Fsp3) is 0.714. The number of nitrogens with two attached hydrogens (primary N) is 1. The predicted octanol–water partition coefficient (Wildman–Crippen LogP) is 1.78. The topological polar surface area (TPSA) is 79.1 Å². The third-order valence-corrected chi connectivity index (χ3v) is 3.56. The van der Waals surface area contributed by atoms with Crippen molar-refractivity contribution in [2.24, 2.45) is 5.84 Å². The molecule has 112 valence electrons. The minimum Gasteiger partial charge on any atom is -0.369 e. The molecule has 1 aromatic heterocycles. The Balaban J connectivity index is 1.89. The van der Waals surface area contributed by atoms with Crippen molar-refractivity contribution >= 4 is 11.6 Å². The molecule has 0 saturated heterocycles. The lowest BCUT2D eigenvalue weighted by atomic mass is 10.3. The average molecular weight is 278 g/mol. The van der Waals surface area contributed by atoms with Crippen molar-refractivity contribution in [1.82, 2.24) is 14.9 Å². The van der Waals surface area contributed by atoms with Crippen LogP contribution in [0.5, 0.6) is 0 Å². The number of nitrogen functional groups attached to an aromatic ring is 1. The van der Waals surface area contributed by atoms with E-state index in [-0.39, 0.29) is 0 Å². The van der Waals surface area contributed by atoms with Gasteiger partial charge in [0, 0.05) is 25.1 Å². The van der Waals surface area contributed by atoms with E-state index in [2.05, 4.69) is 39.5 Å². The zero-order valence-electron chi connectivity index (χ0n) is 12.5. The summed E-state index contributed by atoms with van der Waals surface area (Å²) in [4.78, 5) is 11.4. The molecule has 0 amide bonds. The molecule has 0 bridgehead atoms. The second-order valence-electron chi connectivity index (χ2n) is 5.28. The van der Waals surface area contributed by atoms with Crippen LogP contribution in [0.2, 0.25) is 0 Å². The van der Waals surface area contributed by atoms with Gasteiger partial charge < -0.3 is 15.6 Å². The molecule has 6 nitrogen and oxygen atoms in total. The monoisotopic (exact) mass is 278 g/mol. The molecule has 1 saturated carbocycles. The summed E-state index contributed by atoms with van der Waals surface area (Å²) in [5, 5.41) is 3.38. The van der Waals surface area contributed by atoms with Gasteiger partial charge in [-0.3, -0.25) is 0 Å². The molecule has 1 aromatic rings. The first-order valence-electron chi connectivity index (χ1n) is 7.58. The van der Waals surface area contributed by atoms with Crippen molar-refractivity contribution < 1.29 is 0 Å². The summed E-state index contributed by atoms with van der Waals surface area (Å²) in [6.45, 7) is 8.55. The Morgan fingerprint density at radius 1 is 1.25 bits per heavy atom. The zero-order chi connectivity index (χ0) is 14.4. The summed E-state index contributed by atoms with van der Waals surface area (Å²) < 4.78 is 0. The van der Waals surface area contributed by atoms with E-state index in [1.807, 2.05) is 6.07 Å². The van der Waals surface area contributed by atoms with Crippen LogP contribution < -0.4 is 16.6 Å². The highest BCUT2D eigenvalue weighted by Gasteiger charge is 2.27. The number of nitrogens with zero attached hydrogens (tertiary/aromatic N) is 3. The molecule has 4 N–H and O–H groups in total. The third-order valence-electron chi connectivity index (χ3n) is 3.56. The van der Waals surface area contributed by atoms with Crippen LogP contribution in [0.3, 0.4) is 0 Å². The molecule has 0 unspecified atom stereocenters. The normalized spacial score (nSPS) is 14.6. The second-order valence-corrected chi connectivity index (χ2v) is 5.28. The summed E-state index contributed by atoms with van der Waals surface area (Å²) in [5.41, 5.74) is 2.62. The van der Waals surface area contributed by atoms with E-state index in [0.29, 0.717) is 11.7 Å². The molecule has 6 heteroatoms. The van der Waals surface area contributed by atoms with Crippen molar-refractivity contribution in [3.63, 3.8) is 0 Å². The molecule has 0 aliphatic heterocycles. The van der Waals surface area contributed by atoms with Gasteiger partial charge in [0.05, 0.1) is 0 Å². The Kier molecular flexibility index (Phi) is 5.55. The molecule has 1 aliphatic carbocycles. The van der Waals surface area contributed by atoms with Gasteiger partial charge in [0.25, 0.3) is 0 Å². The summed E-state index contributed by atoms with van der Waals surface area (Å²) in [5.74, 6) is 8.45. The van der Waals surface area contributed by atoms with E-state index in [4.69, 9.17) is 5.84 Å².